The van der Waals surface area contributed by atoms with E-state index in [-0.39, 0.29) is 23.4 Å². The summed E-state index contributed by atoms with van der Waals surface area (Å²) < 4.78 is 5.85. The van der Waals surface area contributed by atoms with Gasteiger partial charge in [0.1, 0.15) is 17.5 Å². The van der Waals surface area contributed by atoms with Crippen molar-refractivity contribution < 1.29 is 24.2 Å². The number of carbonyl (C=O) groups is 3. The molecule has 1 fully saturated rings. The number of nitrogens with zero attached hydrogens (tertiary/aromatic N) is 2. The van der Waals surface area contributed by atoms with E-state index in [2.05, 4.69) is 31.0 Å². The van der Waals surface area contributed by atoms with Crippen LogP contribution in [0.25, 0.3) is 0 Å². The number of piperidine rings is 1. The van der Waals surface area contributed by atoms with Crippen molar-refractivity contribution in [2.75, 3.05) is 19.6 Å². The molecule has 2 aromatic rings. The van der Waals surface area contributed by atoms with Gasteiger partial charge in [0.05, 0.1) is 5.56 Å². The van der Waals surface area contributed by atoms with Crippen molar-refractivity contribution >= 4 is 17.8 Å². The van der Waals surface area contributed by atoms with Gasteiger partial charge in [0.2, 0.25) is 11.8 Å². The second kappa shape index (κ2) is 14.7. The van der Waals surface area contributed by atoms with Crippen LogP contribution in [-0.4, -0.2) is 64.4 Å². The Balaban J connectivity index is 1.55. The van der Waals surface area contributed by atoms with Gasteiger partial charge in [-0.25, -0.2) is 4.79 Å². The fourth-order valence-corrected chi connectivity index (χ4v) is 5.05. The molecule has 2 amide bonds. The van der Waals surface area contributed by atoms with E-state index in [9.17, 15) is 14.4 Å². The molecule has 1 atom stereocenters. The van der Waals surface area contributed by atoms with E-state index in [0.29, 0.717) is 23.8 Å². The highest BCUT2D eigenvalue weighted by molar-refractivity contribution is 5.88. The van der Waals surface area contributed by atoms with Gasteiger partial charge in [-0.05, 0) is 73.6 Å². The van der Waals surface area contributed by atoms with Crippen LogP contribution >= 0.6 is 0 Å². The molecule has 39 heavy (non-hydrogen) atoms. The smallest absolute Gasteiger partial charge is 0.335 e. The predicted octanol–water partition coefficient (Wildman–Crippen LogP) is 5.32. The summed E-state index contributed by atoms with van der Waals surface area (Å²) in [5, 5.41) is 11.9. The zero-order valence-electron chi connectivity index (χ0n) is 23.7. The van der Waals surface area contributed by atoms with Crippen molar-refractivity contribution in [3.05, 3.63) is 59.7 Å². The number of amides is 2. The number of benzene rings is 2. The second-order valence-electron chi connectivity index (χ2n) is 10.9. The van der Waals surface area contributed by atoms with E-state index < -0.39 is 12.0 Å². The van der Waals surface area contributed by atoms with Crippen LogP contribution in [0, 0.1) is 5.92 Å². The first-order chi connectivity index (χ1) is 18.7. The first kappa shape index (κ1) is 30.2. The number of carboxylic acid groups (broad SMARTS) is 1. The molecule has 1 aliphatic heterocycles. The van der Waals surface area contributed by atoms with Gasteiger partial charge in [0.25, 0.3) is 0 Å². The molecule has 0 saturated carbocycles. The average molecular weight is 538 g/mol. The molecule has 1 aliphatic rings. The van der Waals surface area contributed by atoms with Gasteiger partial charge >= 0.3 is 5.97 Å². The minimum atomic E-state index is -0.962. The van der Waals surface area contributed by atoms with E-state index in [1.54, 1.807) is 12.1 Å². The van der Waals surface area contributed by atoms with Crippen LogP contribution in [0.5, 0.6) is 11.5 Å². The van der Waals surface area contributed by atoms with Crippen LogP contribution in [-0.2, 0) is 16.1 Å². The molecule has 2 aromatic carbocycles. The van der Waals surface area contributed by atoms with Crippen LogP contribution in [0.4, 0.5) is 0 Å². The molecule has 212 valence electrons. The summed E-state index contributed by atoms with van der Waals surface area (Å²) in [6.07, 6.45) is 4.45. The Labute approximate surface area is 232 Å². The van der Waals surface area contributed by atoms with Crippen LogP contribution in [0.1, 0.15) is 75.7 Å². The molecule has 0 aromatic heterocycles. The van der Waals surface area contributed by atoms with Crippen molar-refractivity contribution in [3.63, 3.8) is 0 Å². The van der Waals surface area contributed by atoms with Crippen LogP contribution in [0.3, 0.4) is 0 Å². The zero-order valence-corrected chi connectivity index (χ0v) is 23.7. The monoisotopic (exact) mass is 537 g/mol. The molecule has 2 N–H and O–H groups in total. The van der Waals surface area contributed by atoms with Gasteiger partial charge in [-0.15, -0.1) is 0 Å². The van der Waals surface area contributed by atoms with E-state index in [1.807, 2.05) is 29.2 Å². The lowest BCUT2D eigenvalue weighted by molar-refractivity contribution is -0.139. The Hall–Kier alpha value is -3.39. The second-order valence-corrected chi connectivity index (χ2v) is 10.9. The number of carboxylic acids is 1. The highest BCUT2D eigenvalue weighted by Crippen LogP contribution is 2.24. The lowest BCUT2D eigenvalue weighted by atomic mass is 9.98. The van der Waals surface area contributed by atoms with Gasteiger partial charge in [0.15, 0.2) is 0 Å². The number of unbranched alkanes of at least 4 members (excludes halogenated alkanes) is 1. The molecule has 0 unspecified atom stereocenters. The molecular formula is C31H43N3O5. The Morgan fingerprint density at radius 3 is 2.13 bits per heavy atom. The van der Waals surface area contributed by atoms with Crippen LogP contribution in [0.15, 0.2) is 48.5 Å². The van der Waals surface area contributed by atoms with Gasteiger partial charge in [-0.3, -0.25) is 14.5 Å². The van der Waals surface area contributed by atoms with Gasteiger partial charge < -0.3 is 20.1 Å². The van der Waals surface area contributed by atoms with Gasteiger partial charge in [-0.1, -0.05) is 39.3 Å². The summed E-state index contributed by atoms with van der Waals surface area (Å²) in [6.45, 7) is 11.1. The Bertz CT molecular complexity index is 1080. The zero-order chi connectivity index (χ0) is 28.4. The molecule has 1 saturated heterocycles. The van der Waals surface area contributed by atoms with Crippen molar-refractivity contribution in [1.29, 1.82) is 0 Å². The topological polar surface area (TPSA) is 99.2 Å². The summed E-state index contributed by atoms with van der Waals surface area (Å²) >= 11 is 0. The molecular weight excluding hydrogens is 494 g/mol. The SMILES string of the molecule is CCCCN(C(=O)[C@H](CC(C)C)NC(C)=O)C1CCN(Cc2ccc(Oc3ccc(C(=O)O)cc3)cc2)CC1. The maximum absolute atomic E-state index is 13.6. The lowest BCUT2D eigenvalue weighted by Gasteiger charge is -2.40. The van der Waals surface area contributed by atoms with E-state index >= 15 is 0 Å². The normalized spacial score (nSPS) is 15.1. The predicted molar refractivity (Wildman–Crippen MR) is 152 cm³/mol. The number of ether oxygens (including phenoxy) is 1. The molecule has 8 nitrogen and oxygen atoms in total. The number of hydrogen-bond acceptors (Lipinski definition) is 5. The van der Waals surface area contributed by atoms with Crippen molar-refractivity contribution in [2.45, 2.75) is 78.4 Å². The van der Waals surface area contributed by atoms with Crippen molar-refractivity contribution in [3.8, 4) is 11.5 Å². The third-order valence-electron chi connectivity index (χ3n) is 7.08. The third-order valence-corrected chi connectivity index (χ3v) is 7.08. The van der Waals surface area contributed by atoms with Crippen LogP contribution in [0.2, 0.25) is 0 Å². The Kier molecular flexibility index (Phi) is 11.3. The summed E-state index contributed by atoms with van der Waals surface area (Å²) in [5.41, 5.74) is 1.41. The molecule has 3 rings (SSSR count). The number of rotatable bonds is 13. The molecule has 0 spiro atoms. The number of hydrogen-bond donors (Lipinski definition) is 2. The Morgan fingerprint density at radius 2 is 1.62 bits per heavy atom. The maximum atomic E-state index is 13.6. The third kappa shape index (κ3) is 9.39. The van der Waals surface area contributed by atoms with Gasteiger partial charge in [0, 0.05) is 39.1 Å². The molecule has 1 heterocycles. The van der Waals surface area contributed by atoms with Crippen molar-refractivity contribution in [1.82, 2.24) is 15.1 Å². The average Bonchev–Trinajstić information content (AvgIpc) is 2.90. The molecule has 0 bridgehead atoms. The summed E-state index contributed by atoms with van der Waals surface area (Å²) in [4.78, 5) is 40.8. The Morgan fingerprint density at radius 1 is 1.03 bits per heavy atom. The lowest BCUT2D eigenvalue weighted by Crippen LogP contribution is -2.54. The minimum absolute atomic E-state index is 0.0546. The molecule has 0 radical (unpaired) electrons. The van der Waals surface area contributed by atoms with E-state index in [0.717, 1.165) is 51.9 Å². The van der Waals surface area contributed by atoms with Gasteiger partial charge in [-0.2, -0.15) is 0 Å². The fourth-order valence-electron chi connectivity index (χ4n) is 5.05. The van der Waals surface area contributed by atoms with Crippen molar-refractivity contribution in [2.24, 2.45) is 5.92 Å². The summed E-state index contributed by atoms with van der Waals surface area (Å²) in [6, 6.07) is 14.0. The summed E-state index contributed by atoms with van der Waals surface area (Å²) in [7, 11) is 0. The number of carbonyl (C=O) groups excluding carboxylic acids is 2. The first-order valence-electron chi connectivity index (χ1n) is 14.1. The number of likely N-dealkylation sites (tertiary alicyclic amines) is 1. The standard InChI is InChI=1S/C31H43N3O5/c1-5-6-17-34(30(36)29(20-22(2)3)32-23(4)35)26-15-18-33(19-16-26)21-24-7-11-27(12-8-24)39-28-13-9-25(10-14-28)31(37)38/h7-14,22,26,29H,5-6,15-21H2,1-4H3,(H,32,35)(H,37,38)/t29-/m0/s1. The highest BCUT2D eigenvalue weighted by atomic mass is 16.5. The first-order valence-corrected chi connectivity index (χ1v) is 14.1. The number of aromatic carboxylic acids is 1. The number of nitrogens with one attached hydrogen (secondary N) is 1. The quantitative estimate of drug-likeness (QED) is 0.359. The maximum Gasteiger partial charge on any atom is 0.335 e. The van der Waals surface area contributed by atoms with Crippen LogP contribution < -0.4 is 10.1 Å². The van der Waals surface area contributed by atoms with E-state index in [4.69, 9.17) is 9.84 Å². The van der Waals surface area contributed by atoms with E-state index in [1.165, 1.54) is 24.6 Å². The fraction of sp³-hybridized carbons (Fsp3) is 0.516. The molecule has 8 heteroatoms. The minimum Gasteiger partial charge on any atom is -0.478 e. The molecule has 0 aliphatic carbocycles. The highest BCUT2D eigenvalue weighted by Gasteiger charge is 2.32. The summed E-state index contributed by atoms with van der Waals surface area (Å²) in [5.74, 6) is 0.531. The largest absolute Gasteiger partial charge is 0.478 e.